The van der Waals surface area contributed by atoms with Crippen LogP contribution >= 0.6 is 22.9 Å². The van der Waals surface area contributed by atoms with Gasteiger partial charge in [-0.3, -0.25) is 14.2 Å². The molecule has 100 valence electrons. The molecule has 0 atom stereocenters. The molecule has 0 amide bonds. The maximum atomic E-state index is 12.3. The summed E-state index contributed by atoms with van der Waals surface area (Å²) in [6.45, 7) is 0.198. The summed E-state index contributed by atoms with van der Waals surface area (Å²) in [7, 11) is 0. The molecule has 0 fully saturated rings. The molecule has 0 aliphatic rings. The average molecular weight is 305 g/mol. The standard InChI is InChI=1S/C14H9ClN2O2S/c15-12-6-5-9(7-16-12)8-17-13(18)10-3-1-2-4-11(10)20-14(17)19/h1-7H,8H2. The monoisotopic (exact) mass is 304 g/mol. The van der Waals surface area contributed by atoms with Gasteiger partial charge in [0.2, 0.25) is 0 Å². The van der Waals surface area contributed by atoms with E-state index in [1.165, 1.54) is 4.57 Å². The van der Waals surface area contributed by atoms with Gasteiger partial charge in [0.1, 0.15) is 5.15 Å². The van der Waals surface area contributed by atoms with E-state index in [9.17, 15) is 9.59 Å². The Hall–Kier alpha value is -1.98. The Kier molecular flexibility index (Phi) is 3.38. The highest BCUT2D eigenvalue weighted by atomic mass is 35.5. The van der Waals surface area contributed by atoms with Crippen molar-refractivity contribution in [2.75, 3.05) is 0 Å². The van der Waals surface area contributed by atoms with Crippen LogP contribution in [0.3, 0.4) is 0 Å². The summed E-state index contributed by atoms with van der Waals surface area (Å²) in [5.41, 5.74) is 0.482. The van der Waals surface area contributed by atoms with Crippen LogP contribution < -0.4 is 10.4 Å². The number of hydrogen-bond donors (Lipinski definition) is 0. The molecular formula is C14H9ClN2O2S. The second kappa shape index (κ2) is 5.19. The van der Waals surface area contributed by atoms with Gasteiger partial charge in [-0.1, -0.05) is 41.1 Å². The Balaban J connectivity index is 2.14. The number of nitrogens with zero attached hydrogens (tertiary/aromatic N) is 2. The number of fused-ring (bicyclic) bond motifs is 1. The van der Waals surface area contributed by atoms with E-state index in [0.29, 0.717) is 15.2 Å². The lowest BCUT2D eigenvalue weighted by Crippen LogP contribution is -2.31. The van der Waals surface area contributed by atoms with Crippen molar-refractivity contribution in [3.63, 3.8) is 0 Å². The fourth-order valence-electron chi connectivity index (χ4n) is 1.93. The van der Waals surface area contributed by atoms with E-state index in [1.807, 2.05) is 6.07 Å². The van der Waals surface area contributed by atoms with Crippen molar-refractivity contribution in [3.05, 3.63) is 73.3 Å². The third-order valence-corrected chi connectivity index (χ3v) is 4.10. The summed E-state index contributed by atoms with van der Waals surface area (Å²) in [4.78, 5) is 28.1. The predicted molar refractivity (Wildman–Crippen MR) is 80.7 cm³/mol. The Bertz CT molecular complexity index is 884. The zero-order valence-corrected chi connectivity index (χ0v) is 11.8. The van der Waals surface area contributed by atoms with Crippen molar-refractivity contribution in [1.29, 1.82) is 0 Å². The van der Waals surface area contributed by atoms with Crippen LogP contribution in [0.4, 0.5) is 0 Å². The molecule has 0 saturated heterocycles. The summed E-state index contributed by atoms with van der Waals surface area (Å²) in [5.74, 6) is 0. The van der Waals surface area contributed by atoms with Crippen LogP contribution in [0.15, 0.2) is 52.2 Å². The Morgan fingerprint density at radius 3 is 2.70 bits per heavy atom. The average Bonchev–Trinajstić information content (AvgIpc) is 2.45. The summed E-state index contributed by atoms with van der Waals surface area (Å²) >= 11 is 6.78. The third-order valence-electron chi connectivity index (χ3n) is 2.91. The molecule has 0 aliphatic carbocycles. The van der Waals surface area contributed by atoms with Crippen molar-refractivity contribution >= 4 is 33.0 Å². The molecule has 0 spiro atoms. The third kappa shape index (κ3) is 2.37. The molecule has 1 aromatic carbocycles. The van der Waals surface area contributed by atoms with Crippen LogP contribution in [0.1, 0.15) is 5.56 Å². The lowest BCUT2D eigenvalue weighted by molar-refractivity contribution is 0.749. The minimum atomic E-state index is -0.278. The van der Waals surface area contributed by atoms with Gasteiger partial charge in [0.25, 0.3) is 5.56 Å². The smallest absolute Gasteiger partial charge is 0.269 e. The van der Waals surface area contributed by atoms with Gasteiger partial charge in [-0.2, -0.15) is 0 Å². The Labute approximate surface area is 122 Å². The number of aromatic nitrogens is 2. The minimum Gasteiger partial charge on any atom is -0.269 e. The van der Waals surface area contributed by atoms with E-state index in [0.717, 1.165) is 16.9 Å². The molecule has 3 aromatic rings. The molecule has 0 radical (unpaired) electrons. The first kappa shape index (κ1) is 13.0. The van der Waals surface area contributed by atoms with Crippen molar-refractivity contribution < 1.29 is 0 Å². The number of pyridine rings is 1. The van der Waals surface area contributed by atoms with E-state index in [2.05, 4.69) is 4.98 Å². The number of hydrogen-bond acceptors (Lipinski definition) is 4. The van der Waals surface area contributed by atoms with Gasteiger partial charge in [0.15, 0.2) is 0 Å². The van der Waals surface area contributed by atoms with Gasteiger partial charge in [0.05, 0.1) is 11.9 Å². The van der Waals surface area contributed by atoms with E-state index in [1.54, 1.807) is 36.5 Å². The van der Waals surface area contributed by atoms with Crippen LogP contribution in [0, 0.1) is 0 Å². The molecule has 20 heavy (non-hydrogen) atoms. The number of benzene rings is 1. The van der Waals surface area contributed by atoms with E-state index >= 15 is 0 Å². The van der Waals surface area contributed by atoms with Crippen molar-refractivity contribution in [1.82, 2.24) is 9.55 Å². The summed E-state index contributed by atoms with van der Waals surface area (Å²) in [6, 6.07) is 10.5. The van der Waals surface area contributed by atoms with E-state index in [4.69, 9.17) is 11.6 Å². The summed E-state index contributed by atoms with van der Waals surface area (Å²) in [6.07, 6.45) is 1.56. The van der Waals surface area contributed by atoms with E-state index in [-0.39, 0.29) is 17.0 Å². The molecular weight excluding hydrogens is 296 g/mol. The molecule has 6 heteroatoms. The largest absolute Gasteiger partial charge is 0.310 e. The molecule has 4 nitrogen and oxygen atoms in total. The van der Waals surface area contributed by atoms with Crippen molar-refractivity contribution in [2.45, 2.75) is 6.54 Å². The molecule has 0 N–H and O–H groups in total. The van der Waals surface area contributed by atoms with Gasteiger partial charge in [0, 0.05) is 10.9 Å². The molecule has 2 heterocycles. The van der Waals surface area contributed by atoms with E-state index < -0.39 is 0 Å². The SMILES string of the molecule is O=c1sc2ccccc2c(=O)n1Cc1ccc(Cl)nc1. The fourth-order valence-corrected chi connectivity index (χ4v) is 2.90. The molecule has 3 rings (SSSR count). The quantitative estimate of drug-likeness (QED) is 0.684. The maximum Gasteiger partial charge on any atom is 0.310 e. The summed E-state index contributed by atoms with van der Waals surface area (Å²) < 4.78 is 1.92. The lowest BCUT2D eigenvalue weighted by Gasteiger charge is -2.05. The molecule has 0 unspecified atom stereocenters. The second-order valence-corrected chi connectivity index (χ2v) is 5.63. The second-order valence-electron chi connectivity index (χ2n) is 4.24. The highest BCUT2D eigenvalue weighted by Gasteiger charge is 2.08. The van der Waals surface area contributed by atoms with Crippen LogP contribution in [0.25, 0.3) is 10.1 Å². The first-order chi connectivity index (χ1) is 9.65. The normalized spacial score (nSPS) is 10.8. The zero-order valence-electron chi connectivity index (χ0n) is 10.2. The van der Waals surface area contributed by atoms with Crippen LogP contribution in [0.5, 0.6) is 0 Å². The molecule has 0 aliphatic heterocycles. The van der Waals surface area contributed by atoms with Gasteiger partial charge < -0.3 is 0 Å². The van der Waals surface area contributed by atoms with Crippen LogP contribution in [-0.2, 0) is 6.54 Å². The number of halogens is 1. The van der Waals surface area contributed by atoms with Gasteiger partial charge in [-0.25, -0.2) is 4.98 Å². The Morgan fingerprint density at radius 1 is 1.15 bits per heavy atom. The highest BCUT2D eigenvalue weighted by Crippen LogP contribution is 2.12. The maximum absolute atomic E-state index is 12.3. The molecule has 2 aromatic heterocycles. The zero-order chi connectivity index (χ0) is 14.1. The van der Waals surface area contributed by atoms with Gasteiger partial charge in [-0.15, -0.1) is 0 Å². The first-order valence-corrected chi connectivity index (χ1v) is 7.08. The van der Waals surface area contributed by atoms with Crippen LogP contribution in [0.2, 0.25) is 5.15 Å². The highest BCUT2D eigenvalue weighted by molar-refractivity contribution is 7.16. The predicted octanol–water partition coefficient (Wildman–Crippen LogP) is 2.52. The fraction of sp³-hybridized carbons (Fsp3) is 0.0714. The van der Waals surface area contributed by atoms with Crippen molar-refractivity contribution in [3.8, 4) is 0 Å². The summed E-state index contributed by atoms with van der Waals surface area (Å²) in [5, 5.41) is 0.934. The minimum absolute atomic E-state index is 0.198. The van der Waals surface area contributed by atoms with Gasteiger partial charge in [-0.05, 0) is 23.8 Å². The lowest BCUT2D eigenvalue weighted by atomic mass is 10.2. The topological polar surface area (TPSA) is 52.0 Å². The Morgan fingerprint density at radius 2 is 1.95 bits per heavy atom. The van der Waals surface area contributed by atoms with Crippen LogP contribution in [-0.4, -0.2) is 9.55 Å². The first-order valence-electron chi connectivity index (χ1n) is 5.88. The number of rotatable bonds is 2. The van der Waals surface area contributed by atoms with Gasteiger partial charge >= 0.3 is 4.87 Å². The van der Waals surface area contributed by atoms with Crippen molar-refractivity contribution in [2.24, 2.45) is 0 Å². The molecule has 0 saturated carbocycles. The molecule has 0 bridgehead atoms.